The van der Waals surface area contributed by atoms with Crippen LogP contribution in [0.1, 0.15) is 34.6 Å². The fraction of sp³-hybridized carbons (Fsp3) is 0.333. The van der Waals surface area contributed by atoms with Gasteiger partial charge in [-0.1, -0.05) is 23.7 Å². The zero-order chi connectivity index (χ0) is 30.9. The minimum atomic E-state index is -1.83. The van der Waals surface area contributed by atoms with Crippen molar-refractivity contribution >= 4 is 48.4 Å². The Kier molecular flexibility index (Phi) is 8.74. The zero-order valence-corrected chi connectivity index (χ0v) is 22.6. The lowest BCUT2D eigenvalue weighted by molar-refractivity contribution is -0.156. The quantitative estimate of drug-likeness (QED) is 0.140. The average molecular weight is 606 g/mol. The fourth-order valence-electron chi connectivity index (χ4n) is 4.69. The number of piperazine rings is 1. The van der Waals surface area contributed by atoms with Crippen LogP contribution in [0.25, 0.3) is 0 Å². The van der Waals surface area contributed by atoms with E-state index in [2.05, 4.69) is 15.6 Å². The number of rotatable bonds is 7. The van der Waals surface area contributed by atoms with Gasteiger partial charge in [-0.05, 0) is 25.0 Å². The number of H-pyrrole nitrogens is 1. The van der Waals surface area contributed by atoms with Crippen molar-refractivity contribution in [3.8, 4) is 11.5 Å². The number of carbonyl (C=O) groups excluding carboxylic acids is 4. The highest BCUT2D eigenvalue weighted by molar-refractivity contribution is 6.47. The Morgan fingerprint density at radius 3 is 2.62 bits per heavy atom. The van der Waals surface area contributed by atoms with Crippen LogP contribution in [-0.4, -0.2) is 104 Å². The second-order valence-corrected chi connectivity index (χ2v) is 9.92. The van der Waals surface area contributed by atoms with E-state index in [1.807, 2.05) is 0 Å². The number of halogens is 1. The van der Waals surface area contributed by atoms with Gasteiger partial charge in [0, 0.05) is 19.3 Å². The molecule has 0 spiro atoms. The van der Waals surface area contributed by atoms with Gasteiger partial charge < -0.3 is 45.5 Å². The number of benzene rings is 1. The summed E-state index contributed by atoms with van der Waals surface area (Å²) in [6.07, 6.45) is 0.726. The lowest BCUT2D eigenvalue weighted by Gasteiger charge is -2.38. The molecule has 4 rings (SSSR count). The number of hydrogen-bond acceptors (Lipinski definition) is 10. The first kappa shape index (κ1) is 30.4. The highest BCUT2D eigenvalue weighted by atomic mass is 35.5. The topological polar surface area (TPSA) is 239 Å². The lowest BCUT2D eigenvalue weighted by Crippen LogP contribution is -2.63. The number of carboxylic acid groups (broad SMARTS) is 1. The Morgan fingerprint density at radius 2 is 1.95 bits per heavy atom. The van der Waals surface area contributed by atoms with Crippen molar-refractivity contribution in [3.05, 3.63) is 56.5 Å². The molecule has 0 bridgehead atoms. The van der Waals surface area contributed by atoms with E-state index < -0.39 is 83.4 Å². The molecular formula is C24H25BClN5O11. The number of β-amino-alcohol motifs (C(OH)–C–C–N with tert-alkyl or cyclic N) is 1. The normalized spacial score (nSPS) is 19.1. The maximum absolute atomic E-state index is 13.5. The Labute approximate surface area is 242 Å². The first-order chi connectivity index (χ1) is 19.8. The fourth-order valence-corrected chi connectivity index (χ4v) is 4.95. The molecule has 2 aromatic rings. The number of urea groups is 1. The van der Waals surface area contributed by atoms with Gasteiger partial charge in [-0.25, -0.2) is 9.59 Å². The molecule has 1 saturated heterocycles. The second kappa shape index (κ2) is 12.1. The van der Waals surface area contributed by atoms with Crippen molar-refractivity contribution in [1.82, 2.24) is 25.4 Å². The van der Waals surface area contributed by atoms with Crippen LogP contribution in [0.5, 0.6) is 11.5 Å². The Morgan fingerprint density at radius 1 is 1.24 bits per heavy atom. The summed E-state index contributed by atoms with van der Waals surface area (Å²) < 4.78 is 5.37. The highest BCUT2D eigenvalue weighted by Crippen LogP contribution is 2.30. The lowest BCUT2D eigenvalue weighted by atomic mass is 9.72. The molecular weight excluding hydrogens is 581 g/mol. The molecule has 1 aromatic heterocycles. The van der Waals surface area contributed by atoms with Gasteiger partial charge in [0.05, 0.1) is 29.8 Å². The van der Waals surface area contributed by atoms with Crippen LogP contribution in [0.15, 0.2) is 29.2 Å². The largest absolute Gasteiger partial charge is 0.547 e. The molecule has 2 aliphatic rings. The van der Waals surface area contributed by atoms with E-state index in [1.54, 1.807) is 0 Å². The molecule has 222 valence electrons. The molecule has 0 saturated carbocycles. The van der Waals surface area contributed by atoms with Crippen molar-refractivity contribution in [3.63, 3.8) is 0 Å². The van der Waals surface area contributed by atoms with Gasteiger partial charge >= 0.3 is 30.9 Å². The Balaban J connectivity index is 1.63. The smallest absolute Gasteiger partial charge is 0.534 e. The average Bonchev–Trinajstić information content (AvgIpc) is 2.93. The molecule has 3 atom stereocenters. The van der Waals surface area contributed by atoms with E-state index >= 15 is 0 Å². The summed E-state index contributed by atoms with van der Waals surface area (Å²) in [7, 11) is -1.73. The van der Waals surface area contributed by atoms with Gasteiger partial charge in [-0.3, -0.25) is 24.1 Å². The molecule has 2 aliphatic heterocycles. The number of para-hydroxylation sites is 1. The number of hydrogen-bond donors (Lipinski definition) is 7. The Bertz CT molecular complexity index is 1520. The van der Waals surface area contributed by atoms with Gasteiger partial charge in [0.25, 0.3) is 0 Å². The minimum Gasteiger partial charge on any atom is -0.534 e. The molecule has 0 radical (unpaired) electrons. The Hall–Kier alpha value is -4.61. The number of aromatic amines is 1. The van der Waals surface area contributed by atoms with E-state index in [0.717, 1.165) is 11.1 Å². The number of aromatic nitrogens is 1. The number of aromatic carboxylic acids is 1. The van der Waals surface area contributed by atoms with Gasteiger partial charge in [-0.15, -0.1) is 0 Å². The molecule has 7 N–H and O–H groups in total. The summed E-state index contributed by atoms with van der Waals surface area (Å²) in [5, 5.41) is 42.9. The van der Waals surface area contributed by atoms with E-state index in [-0.39, 0.29) is 30.8 Å². The van der Waals surface area contributed by atoms with Crippen LogP contribution >= 0.6 is 11.6 Å². The van der Waals surface area contributed by atoms with Crippen molar-refractivity contribution in [2.75, 3.05) is 19.7 Å². The maximum atomic E-state index is 13.5. The SMILES string of the molecule is C[C@H]1CN(CCO)C(=O)C(=O)N1C(=O)N[C@H](C(=O)N[C@H]1Cc2cccc(C(=O)O)c2OB1O)c1[nH]cc(O)c(=O)c1Cl. The number of aliphatic hydroxyl groups excluding tert-OH is 1. The van der Waals surface area contributed by atoms with Gasteiger partial charge in [0.15, 0.2) is 11.8 Å². The monoisotopic (exact) mass is 605 g/mol. The summed E-state index contributed by atoms with van der Waals surface area (Å²) in [4.78, 5) is 80.0. The van der Waals surface area contributed by atoms with E-state index in [4.69, 9.17) is 21.4 Å². The maximum Gasteiger partial charge on any atom is 0.547 e. The predicted molar refractivity (Wildman–Crippen MR) is 143 cm³/mol. The molecule has 42 heavy (non-hydrogen) atoms. The number of aromatic hydroxyl groups is 1. The zero-order valence-electron chi connectivity index (χ0n) is 21.9. The first-order valence-corrected chi connectivity index (χ1v) is 12.9. The van der Waals surface area contributed by atoms with E-state index in [0.29, 0.717) is 10.5 Å². The first-order valence-electron chi connectivity index (χ1n) is 12.5. The number of carbonyl (C=O) groups is 5. The standard InChI is InChI=1S/C24H25BClN5O11/c1-10-9-30(5-6-32)21(36)22(37)31(10)24(40)29-17(16-15(26)18(34)13(33)8-27-16)20(35)28-14-7-11-3-2-4-12(23(38)39)19(11)42-25(14)41/h2-4,8,10,14,17,32-33,41H,5-7,9H2,1H3,(H,27,34)(H,28,35)(H,29,40)(H,38,39)/t10-,14-,17-/m0/s1. The molecule has 0 unspecified atom stereocenters. The van der Waals surface area contributed by atoms with Crippen molar-refractivity contribution < 1.29 is 49.0 Å². The molecule has 3 heterocycles. The van der Waals surface area contributed by atoms with Crippen LogP contribution in [-0.2, 0) is 20.8 Å². The number of pyridine rings is 1. The van der Waals surface area contributed by atoms with E-state index in [9.17, 15) is 44.0 Å². The minimum absolute atomic E-state index is 0.0868. The van der Waals surface area contributed by atoms with Crippen molar-refractivity contribution in [2.45, 2.75) is 31.4 Å². The van der Waals surface area contributed by atoms with Gasteiger partial charge in [0.1, 0.15) is 10.8 Å². The summed E-state index contributed by atoms with van der Waals surface area (Å²) in [6, 6.07) is 0.341. The van der Waals surface area contributed by atoms with Crippen molar-refractivity contribution in [1.29, 1.82) is 0 Å². The number of fused-ring (bicyclic) bond motifs is 1. The number of imide groups is 1. The van der Waals surface area contributed by atoms with Crippen LogP contribution in [0.2, 0.25) is 5.02 Å². The van der Waals surface area contributed by atoms with E-state index in [1.165, 1.54) is 25.1 Å². The summed E-state index contributed by atoms with van der Waals surface area (Å²) in [5.74, 6) is -6.69. The number of nitrogens with zero attached hydrogens (tertiary/aromatic N) is 2. The van der Waals surface area contributed by atoms with Crippen LogP contribution in [0.4, 0.5) is 4.79 Å². The third-order valence-corrected chi connectivity index (χ3v) is 7.11. The molecule has 16 nitrogen and oxygen atoms in total. The van der Waals surface area contributed by atoms with Crippen LogP contribution in [0.3, 0.4) is 0 Å². The molecule has 1 fully saturated rings. The third-order valence-electron chi connectivity index (χ3n) is 6.73. The predicted octanol–water partition coefficient (Wildman–Crippen LogP) is -1.63. The number of aliphatic hydroxyl groups is 1. The summed E-state index contributed by atoms with van der Waals surface area (Å²) in [6.45, 7) is 0.807. The van der Waals surface area contributed by atoms with Gasteiger partial charge in [-0.2, -0.15) is 0 Å². The second-order valence-electron chi connectivity index (χ2n) is 9.54. The van der Waals surface area contributed by atoms with Crippen LogP contribution in [0, 0.1) is 0 Å². The van der Waals surface area contributed by atoms with Crippen LogP contribution < -0.4 is 20.7 Å². The highest BCUT2D eigenvalue weighted by Gasteiger charge is 2.43. The summed E-state index contributed by atoms with van der Waals surface area (Å²) in [5.41, 5.74) is -1.33. The van der Waals surface area contributed by atoms with Gasteiger partial charge in [0.2, 0.25) is 11.3 Å². The number of carboxylic acids is 1. The summed E-state index contributed by atoms with van der Waals surface area (Å²) >= 11 is 6.10. The number of nitrogens with one attached hydrogen (secondary N) is 3. The molecule has 18 heteroatoms. The molecule has 0 aliphatic carbocycles. The van der Waals surface area contributed by atoms with Crippen molar-refractivity contribution in [2.24, 2.45) is 0 Å². The molecule has 1 aromatic carbocycles. The third kappa shape index (κ3) is 5.74. The molecule has 5 amide bonds. The number of amides is 5.